The lowest BCUT2D eigenvalue weighted by atomic mass is 10.2. The maximum Gasteiger partial charge on any atom is 0.407 e. The van der Waals surface area contributed by atoms with E-state index in [4.69, 9.17) is 20.3 Å². The lowest BCUT2D eigenvalue weighted by Gasteiger charge is -2.33. The number of halogens is 1. The van der Waals surface area contributed by atoms with Crippen LogP contribution in [0.4, 0.5) is 21.0 Å². The molecule has 0 radical (unpaired) electrons. The number of benzene rings is 1. The van der Waals surface area contributed by atoms with E-state index in [1.54, 1.807) is 4.90 Å². The highest BCUT2D eigenvalue weighted by Crippen LogP contribution is 2.37. The highest BCUT2D eigenvalue weighted by molar-refractivity contribution is 5.92. The Morgan fingerprint density at radius 2 is 1.92 bits per heavy atom. The SMILES string of the molecule is COc1cc2c(N)nc(N3CCN(C(=O)O)CC3)nc2c(F)c1OC. The molecule has 0 spiro atoms. The highest BCUT2D eigenvalue weighted by atomic mass is 19.1. The molecule has 1 aliphatic rings. The van der Waals surface area contributed by atoms with Crippen molar-refractivity contribution in [1.82, 2.24) is 14.9 Å². The molecule has 0 bridgehead atoms. The fourth-order valence-corrected chi connectivity index (χ4v) is 2.78. The monoisotopic (exact) mass is 351 g/mol. The van der Waals surface area contributed by atoms with Crippen molar-refractivity contribution < 1.29 is 23.8 Å². The average Bonchev–Trinajstić information content (AvgIpc) is 2.62. The van der Waals surface area contributed by atoms with Crippen molar-refractivity contribution in [3.8, 4) is 11.5 Å². The molecule has 1 aromatic heterocycles. The Bertz CT molecular complexity index is 823. The van der Waals surface area contributed by atoms with E-state index < -0.39 is 11.9 Å². The van der Waals surface area contributed by atoms with E-state index in [0.29, 0.717) is 31.6 Å². The molecule has 3 rings (SSSR count). The van der Waals surface area contributed by atoms with E-state index in [9.17, 15) is 9.18 Å². The normalized spacial score (nSPS) is 14.7. The molecule has 9 nitrogen and oxygen atoms in total. The van der Waals surface area contributed by atoms with Gasteiger partial charge >= 0.3 is 6.09 Å². The van der Waals surface area contributed by atoms with Crippen molar-refractivity contribution in [2.75, 3.05) is 51.0 Å². The van der Waals surface area contributed by atoms with Gasteiger partial charge in [-0.1, -0.05) is 0 Å². The number of nitrogens with two attached hydrogens (primary N) is 1. The van der Waals surface area contributed by atoms with Gasteiger partial charge in [0.25, 0.3) is 0 Å². The molecule has 0 saturated carbocycles. The zero-order valence-corrected chi connectivity index (χ0v) is 13.8. The first-order chi connectivity index (χ1) is 12.0. The van der Waals surface area contributed by atoms with Crippen LogP contribution < -0.4 is 20.1 Å². The van der Waals surface area contributed by atoms with E-state index in [0.717, 1.165) is 0 Å². The van der Waals surface area contributed by atoms with Crippen LogP contribution in [0.25, 0.3) is 10.9 Å². The van der Waals surface area contributed by atoms with Crippen molar-refractivity contribution in [2.45, 2.75) is 0 Å². The Labute approximate surface area is 142 Å². The molecule has 0 aliphatic carbocycles. The minimum atomic E-state index is -0.971. The summed E-state index contributed by atoms with van der Waals surface area (Å²) in [5.41, 5.74) is 6.01. The number of methoxy groups -OCH3 is 2. The van der Waals surface area contributed by atoms with Crippen LogP contribution in [-0.2, 0) is 0 Å². The summed E-state index contributed by atoms with van der Waals surface area (Å²) in [5.74, 6) is -0.182. The van der Waals surface area contributed by atoms with E-state index in [2.05, 4.69) is 9.97 Å². The zero-order valence-electron chi connectivity index (χ0n) is 13.8. The molecule has 1 saturated heterocycles. The van der Waals surface area contributed by atoms with Gasteiger partial charge in [-0.25, -0.2) is 14.2 Å². The smallest absolute Gasteiger partial charge is 0.407 e. The molecule has 2 aromatic rings. The summed E-state index contributed by atoms with van der Waals surface area (Å²) in [7, 11) is 2.74. The van der Waals surface area contributed by atoms with Crippen LogP contribution in [0.3, 0.4) is 0 Å². The van der Waals surface area contributed by atoms with Gasteiger partial charge in [-0.15, -0.1) is 0 Å². The molecule has 1 aromatic carbocycles. The number of hydrogen-bond acceptors (Lipinski definition) is 7. The number of nitrogen functional groups attached to an aromatic ring is 1. The van der Waals surface area contributed by atoms with Gasteiger partial charge in [0.1, 0.15) is 11.3 Å². The largest absolute Gasteiger partial charge is 0.493 e. The van der Waals surface area contributed by atoms with Crippen LogP contribution in [0, 0.1) is 5.82 Å². The van der Waals surface area contributed by atoms with Crippen molar-refractivity contribution >= 4 is 28.8 Å². The fraction of sp³-hybridized carbons (Fsp3) is 0.400. The summed E-state index contributed by atoms with van der Waals surface area (Å²) in [6.07, 6.45) is -0.971. The fourth-order valence-electron chi connectivity index (χ4n) is 2.78. The molecule has 134 valence electrons. The summed E-state index contributed by atoms with van der Waals surface area (Å²) in [6, 6.07) is 1.53. The van der Waals surface area contributed by atoms with Gasteiger partial charge in [0, 0.05) is 31.6 Å². The maximum atomic E-state index is 14.8. The summed E-state index contributed by atoms with van der Waals surface area (Å²) < 4.78 is 24.9. The molecule has 10 heteroatoms. The molecule has 2 heterocycles. The molecule has 0 unspecified atom stereocenters. The number of fused-ring (bicyclic) bond motifs is 1. The predicted molar refractivity (Wildman–Crippen MR) is 88.8 cm³/mol. The van der Waals surface area contributed by atoms with Crippen LogP contribution in [0.2, 0.25) is 0 Å². The predicted octanol–water partition coefficient (Wildman–Crippen LogP) is 1.17. The Hall–Kier alpha value is -3.04. The third-order valence-corrected chi connectivity index (χ3v) is 4.13. The molecular weight excluding hydrogens is 333 g/mol. The second kappa shape index (κ2) is 6.46. The van der Waals surface area contributed by atoms with Crippen LogP contribution in [-0.4, -0.2) is 66.5 Å². The topological polar surface area (TPSA) is 114 Å². The highest BCUT2D eigenvalue weighted by Gasteiger charge is 2.24. The molecule has 0 atom stereocenters. The lowest BCUT2D eigenvalue weighted by molar-refractivity contribution is 0.142. The number of ether oxygens (including phenoxy) is 2. The van der Waals surface area contributed by atoms with Gasteiger partial charge in [0.05, 0.1) is 14.2 Å². The number of carbonyl (C=O) groups is 1. The standard InChI is InChI=1S/C15H18FN5O4/c1-24-9-7-8-11(10(16)12(9)25-2)18-14(19-13(8)17)20-3-5-21(6-4-20)15(22)23/h7H,3-6H2,1-2H3,(H,22,23)(H2,17,18,19). The summed E-state index contributed by atoms with van der Waals surface area (Å²) in [6.45, 7) is 1.41. The second-order valence-electron chi connectivity index (χ2n) is 5.49. The summed E-state index contributed by atoms with van der Waals surface area (Å²) in [5, 5.41) is 9.33. The van der Waals surface area contributed by atoms with Crippen LogP contribution >= 0.6 is 0 Å². The quantitative estimate of drug-likeness (QED) is 0.847. The average molecular weight is 351 g/mol. The van der Waals surface area contributed by atoms with Gasteiger partial charge in [-0.2, -0.15) is 4.98 Å². The van der Waals surface area contributed by atoms with Gasteiger partial charge in [-0.3, -0.25) is 0 Å². The number of aromatic nitrogens is 2. The van der Waals surface area contributed by atoms with E-state index in [-0.39, 0.29) is 28.8 Å². The Morgan fingerprint density at radius 1 is 1.24 bits per heavy atom. The van der Waals surface area contributed by atoms with Crippen molar-refractivity contribution in [3.05, 3.63) is 11.9 Å². The second-order valence-corrected chi connectivity index (χ2v) is 5.49. The van der Waals surface area contributed by atoms with Crippen molar-refractivity contribution in [2.24, 2.45) is 0 Å². The Kier molecular flexibility index (Phi) is 4.34. The number of carboxylic acid groups (broad SMARTS) is 1. The van der Waals surface area contributed by atoms with Gasteiger partial charge in [0.15, 0.2) is 17.3 Å². The number of rotatable bonds is 3. The van der Waals surface area contributed by atoms with Crippen molar-refractivity contribution in [3.63, 3.8) is 0 Å². The zero-order chi connectivity index (χ0) is 18.1. The van der Waals surface area contributed by atoms with Gasteiger partial charge in [-0.05, 0) is 6.07 Å². The third kappa shape index (κ3) is 2.90. The maximum absolute atomic E-state index is 14.8. The van der Waals surface area contributed by atoms with E-state index in [1.165, 1.54) is 25.2 Å². The number of hydrogen-bond donors (Lipinski definition) is 2. The molecule has 1 amide bonds. The van der Waals surface area contributed by atoms with Crippen LogP contribution in [0.5, 0.6) is 11.5 Å². The number of piperazine rings is 1. The Balaban J connectivity index is 2.02. The Morgan fingerprint density at radius 3 is 2.48 bits per heavy atom. The number of anilines is 2. The molecular formula is C15H18FN5O4. The summed E-state index contributed by atoms with van der Waals surface area (Å²) >= 11 is 0. The molecule has 25 heavy (non-hydrogen) atoms. The minimum Gasteiger partial charge on any atom is -0.493 e. The van der Waals surface area contributed by atoms with E-state index in [1.807, 2.05) is 0 Å². The number of nitrogens with zero attached hydrogens (tertiary/aromatic N) is 4. The van der Waals surface area contributed by atoms with Gasteiger partial charge < -0.3 is 30.1 Å². The third-order valence-electron chi connectivity index (χ3n) is 4.13. The first kappa shape index (κ1) is 16.8. The lowest BCUT2D eigenvalue weighted by Crippen LogP contribution is -2.48. The molecule has 1 fully saturated rings. The molecule has 1 aliphatic heterocycles. The van der Waals surface area contributed by atoms with Crippen LogP contribution in [0.1, 0.15) is 0 Å². The van der Waals surface area contributed by atoms with Gasteiger partial charge in [0.2, 0.25) is 5.95 Å². The molecule has 3 N–H and O–H groups in total. The van der Waals surface area contributed by atoms with Crippen molar-refractivity contribution in [1.29, 1.82) is 0 Å². The van der Waals surface area contributed by atoms with E-state index >= 15 is 0 Å². The van der Waals surface area contributed by atoms with Crippen LogP contribution in [0.15, 0.2) is 6.07 Å². The first-order valence-electron chi connectivity index (χ1n) is 7.56. The first-order valence-corrected chi connectivity index (χ1v) is 7.56. The number of amides is 1. The summed E-state index contributed by atoms with van der Waals surface area (Å²) in [4.78, 5) is 22.6. The minimum absolute atomic E-state index is 0.0285.